The molecule has 108 valence electrons. The van der Waals surface area contributed by atoms with E-state index in [0.717, 1.165) is 11.4 Å². The van der Waals surface area contributed by atoms with E-state index in [1.165, 1.54) is 19.3 Å². The highest BCUT2D eigenvalue weighted by molar-refractivity contribution is 5.90. The lowest BCUT2D eigenvalue weighted by atomic mass is 9.81. The van der Waals surface area contributed by atoms with Crippen LogP contribution in [0.15, 0.2) is 35.4 Å². The molecule has 0 spiro atoms. The summed E-state index contributed by atoms with van der Waals surface area (Å²) in [5, 5.41) is 7.41. The van der Waals surface area contributed by atoms with Crippen LogP contribution in [0.2, 0.25) is 0 Å². The Balaban J connectivity index is 1.82. The molecule has 0 bridgehead atoms. The first-order valence-electron chi connectivity index (χ1n) is 7.32. The monoisotopic (exact) mass is 273 g/mol. The summed E-state index contributed by atoms with van der Waals surface area (Å²) in [6, 6.07) is 9.69. The number of hydrazone groups is 1. The number of para-hydroxylation sites is 1. The van der Waals surface area contributed by atoms with Crippen molar-refractivity contribution < 1.29 is 4.79 Å². The van der Waals surface area contributed by atoms with Crippen LogP contribution in [-0.2, 0) is 4.79 Å². The van der Waals surface area contributed by atoms with Gasteiger partial charge in [-0.2, -0.15) is 5.10 Å². The third kappa shape index (κ3) is 4.08. The van der Waals surface area contributed by atoms with Gasteiger partial charge in [-0.1, -0.05) is 38.5 Å². The minimum Gasteiger partial charge on any atom is -0.376 e. The fraction of sp³-hybridized carbons (Fsp3) is 0.500. The molecule has 0 heterocycles. The molecule has 1 saturated carbocycles. The van der Waals surface area contributed by atoms with Gasteiger partial charge in [-0.15, -0.1) is 0 Å². The number of carbonyl (C=O) groups is 1. The zero-order valence-corrected chi connectivity index (χ0v) is 12.2. The highest BCUT2D eigenvalue weighted by Gasteiger charge is 2.22. The van der Waals surface area contributed by atoms with Gasteiger partial charge in [-0.25, -0.2) is 5.43 Å². The first-order valence-corrected chi connectivity index (χ1v) is 7.32. The van der Waals surface area contributed by atoms with E-state index < -0.39 is 0 Å². The fourth-order valence-corrected chi connectivity index (χ4v) is 2.64. The molecule has 0 saturated heterocycles. The molecule has 1 aromatic rings. The Morgan fingerprint density at radius 1 is 1.20 bits per heavy atom. The van der Waals surface area contributed by atoms with Crippen LogP contribution in [0, 0.1) is 11.8 Å². The minimum absolute atomic E-state index is 0.105. The van der Waals surface area contributed by atoms with E-state index in [4.69, 9.17) is 0 Å². The van der Waals surface area contributed by atoms with Crippen LogP contribution < -0.4 is 10.7 Å². The first kappa shape index (κ1) is 14.6. The largest absolute Gasteiger partial charge is 0.376 e. The van der Waals surface area contributed by atoms with Crippen LogP contribution in [0.4, 0.5) is 5.69 Å². The van der Waals surface area contributed by atoms with Gasteiger partial charge in [-0.3, -0.25) is 4.79 Å². The Hall–Kier alpha value is -1.84. The molecule has 0 aliphatic heterocycles. The summed E-state index contributed by atoms with van der Waals surface area (Å²) >= 11 is 0. The molecule has 1 aliphatic carbocycles. The third-order valence-corrected chi connectivity index (χ3v) is 3.82. The molecule has 2 N–H and O–H groups in total. The van der Waals surface area contributed by atoms with Crippen molar-refractivity contribution in [1.82, 2.24) is 5.43 Å². The van der Waals surface area contributed by atoms with E-state index in [0.29, 0.717) is 11.8 Å². The highest BCUT2D eigenvalue weighted by atomic mass is 16.2. The van der Waals surface area contributed by atoms with E-state index >= 15 is 0 Å². The molecule has 1 amide bonds. The Kier molecular flexibility index (Phi) is 5.16. The number of anilines is 1. The molecule has 4 nitrogen and oxygen atoms in total. The second kappa shape index (κ2) is 7.08. The molecular weight excluding hydrogens is 250 g/mol. The second-order valence-corrected chi connectivity index (χ2v) is 5.52. The van der Waals surface area contributed by atoms with Gasteiger partial charge in [-0.05, 0) is 36.8 Å². The van der Waals surface area contributed by atoms with Gasteiger partial charge in [0, 0.05) is 11.4 Å². The van der Waals surface area contributed by atoms with Crippen molar-refractivity contribution in [2.45, 2.75) is 33.1 Å². The molecule has 0 aromatic heterocycles. The smallest absolute Gasteiger partial charge is 0.259 e. The number of nitrogens with zero attached hydrogens (tertiary/aromatic N) is 1. The van der Waals surface area contributed by atoms with Crippen molar-refractivity contribution in [2.75, 3.05) is 11.9 Å². The third-order valence-electron chi connectivity index (χ3n) is 3.82. The number of hydrogen-bond acceptors (Lipinski definition) is 3. The average Bonchev–Trinajstić information content (AvgIpc) is 2.46. The zero-order valence-electron chi connectivity index (χ0n) is 12.2. The molecule has 2 rings (SSSR count). The Bertz CT molecular complexity index is 458. The Morgan fingerprint density at radius 3 is 2.50 bits per heavy atom. The average molecular weight is 273 g/mol. The van der Waals surface area contributed by atoms with Crippen molar-refractivity contribution in [2.24, 2.45) is 16.9 Å². The van der Waals surface area contributed by atoms with Crippen LogP contribution in [0.1, 0.15) is 33.1 Å². The van der Waals surface area contributed by atoms with Gasteiger partial charge >= 0.3 is 0 Å². The van der Waals surface area contributed by atoms with E-state index in [-0.39, 0.29) is 12.5 Å². The predicted molar refractivity (Wildman–Crippen MR) is 82.7 cm³/mol. The minimum atomic E-state index is -0.105. The second-order valence-electron chi connectivity index (χ2n) is 5.52. The lowest BCUT2D eigenvalue weighted by molar-refractivity contribution is -0.119. The predicted octanol–water partition coefficient (Wildman–Crippen LogP) is 3.03. The van der Waals surface area contributed by atoms with Gasteiger partial charge < -0.3 is 5.32 Å². The zero-order chi connectivity index (χ0) is 14.4. The normalized spacial score (nSPS) is 22.2. The van der Waals surface area contributed by atoms with Crippen molar-refractivity contribution >= 4 is 17.3 Å². The van der Waals surface area contributed by atoms with Crippen molar-refractivity contribution in [3.63, 3.8) is 0 Å². The molecule has 1 aromatic carbocycles. The van der Waals surface area contributed by atoms with Crippen LogP contribution in [-0.4, -0.2) is 18.2 Å². The number of benzene rings is 1. The van der Waals surface area contributed by atoms with Gasteiger partial charge in [0.1, 0.15) is 0 Å². The summed E-state index contributed by atoms with van der Waals surface area (Å²) in [4.78, 5) is 11.8. The molecule has 1 aliphatic rings. The molecule has 0 radical (unpaired) electrons. The maximum Gasteiger partial charge on any atom is 0.259 e. The summed E-state index contributed by atoms with van der Waals surface area (Å²) in [6.07, 6.45) is 3.59. The molecular formula is C16H23N3O. The van der Waals surface area contributed by atoms with Crippen LogP contribution in [0.25, 0.3) is 0 Å². The number of rotatable bonds is 4. The quantitative estimate of drug-likeness (QED) is 0.828. The summed E-state index contributed by atoms with van der Waals surface area (Å²) in [6.45, 7) is 4.61. The molecule has 2 atom stereocenters. The highest BCUT2D eigenvalue weighted by Crippen LogP contribution is 2.25. The summed E-state index contributed by atoms with van der Waals surface area (Å²) in [7, 11) is 0. The van der Waals surface area contributed by atoms with Gasteiger partial charge in [0.05, 0.1) is 6.54 Å². The van der Waals surface area contributed by atoms with Gasteiger partial charge in [0.25, 0.3) is 5.91 Å². The number of nitrogens with one attached hydrogen (secondary N) is 2. The number of hydrogen-bond donors (Lipinski definition) is 2. The van der Waals surface area contributed by atoms with Crippen molar-refractivity contribution in [3.05, 3.63) is 30.3 Å². The van der Waals surface area contributed by atoms with E-state index in [1.807, 2.05) is 30.3 Å². The maximum atomic E-state index is 11.8. The summed E-state index contributed by atoms with van der Waals surface area (Å²) < 4.78 is 0. The molecule has 1 fully saturated rings. The topological polar surface area (TPSA) is 53.5 Å². The molecule has 4 heteroatoms. The van der Waals surface area contributed by atoms with Gasteiger partial charge in [0.2, 0.25) is 0 Å². The van der Waals surface area contributed by atoms with E-state index in [2.05, 4.69) is 29.7 Å². The van der Waals surface area contributed by atoms with Crippen molar-refractivity contribution in [3.8, 4) is 0 Å². The summed E-state index contributed by atoms with van der Waals surface area (Å²) in [5.41, 5.74) is 4.74. The van der Waals surface area contributed by atoms with Gasteiger partial charge in [0.15, 0.2) is 0 Å². The molecule has 0 unspecified atom stereocenters. The lowest BCUT2D eigenvalue weighted by Crippen LogP contribution is -2.31. The van der Waals surface area contributed by atoms with E-state index in [9.17, 15) is 4.79 Å². The van der Waals surface area contributed by atoms with Crippen LogP contribution in [0.3, 0.4) is 0 Å². The maximum absolute atomic E-state index is 11.8. The number of carbonyl (C=O) groups excluding carboxylic acids is 1. The SMILES string of the molecule is C[C@@H]1CCC[C@@H](C)C1=NNC(=O)CNc1ccccc1. The summed E-state index contributed by atoms with van der Waals surface area (Å²) in [5.74, 6) is 0.841. The van der Waals surface area contributed by atoms with Crippen molar-refractivity contribution in [1.29, 1.82) is 0 Å². The standard InChI is InChI=1S/C16H23N3O/c1-12-7-6-8-13(2)16(12)19-18-15(20)11-17-14-9-4-3-5-10-14/h3-5,9-10,12-13,17H,6-8,11H2,1-2H3,(H,18,20)/t12-,13-/m1/s1. The Labute approximate surface area is 120 Å². The first-order chi connectivity index (χ1) is 9.66. The molecule has 20 heavy (non-hydrogen) atoms. The van der Waals surface area contributed by atoms with E-state index in [1.54, 1.807) is 0 Å². The lowest BCUT2D eigenvalue weighted by Gasteiger charge is -2.26. The van der Waals surface area contributed by atoms with Crippen LogP contribution in [0.5, 0.6) is 0 Å². The fourth-order valence-electron chi connectivity index (χ4n) is 2.64. The Morgan fingerprint density at radius 2 is 1.85 bits per heavy atom. The van der Waals surface area contributed by atoms with Crippen LogP contribution >= 0.6 is 0 Å². The number of amides is 1.